The Labute approximate surface area is 138 Å². The lowest BCUT2D eigenvalue weighted by Crippen LogP contribution is -2.41. The van der Waals surface area contributed by atoms with Gasteiger partial charge in [0.2, 0.25) is 5.91 Å². The molecule has 1 heterocycles. The number of ether oxygens (including phenoxy) is 1. The zero-order valence-corrected chi connectivity index (χ0v) is 14.2. The van der Waals surface area contributed by atoms with Gasteiger partial charge in [0.05, 0.1) is 12.6 Å². The second-order valence-electron chi connectivity index (χ2n) is 6.27. The molecule has 1 aliphatic heterocycles. The topological polar surface area (TPSA) is 61.8 Å². The number of anilines is 1. The van der Waals surface area contributed by atoms with Crippen molar-refractivity contribution in [2.75, 3.05) is 38.2 Å². The fourth-order valence-electron chi connectivity index (χ4n) is 2.77. The Morgan fingerprint density at radius 3 is 2.70 bits per heavy atom. The molecule has 0 bridgehead atoms. The van der Waals surface area contributed by atoms with Gasteiger partial charge < -0.3 is 15.2 Å². The zero-order chi connectivity index (χ0) is 16.7. The van der Waals surface area contributed by atoms with Crippen molar-refractivity contribution in [3.63, 3.8) is 0 Å². The second-order valence-corrected chi connectivity index (χ2v) is 6.27. The molecule has 1 amide bonds. The highest BCUT2D eigenvalue weighted by Gasteiger charge is 2.21. The molecule has 0 radical (unpaired) electrons. The van der Waals surface area contributed by atoms with Gasteiger partial charge in [0.1, 0.15) is 0 Å². The predicted octanol–water partition coefficient (Wildman–Crippen LogP) is 2.11. The van der Waals surface area contributed by atoms with Crippen molar-refractivity contribution in [3.05, 3.63) is 29.3 Å². The minimum atomic E-state index is 0.0351. The number of nitrogens with zero attached hydrogens (tertiary/aromatic N) is 1. The number of aliphatic hydroxyl groups is 1. The highest BCUT2D eigenvalue weighted by Crippen LogP contribution is 2.16. The van der Waals surface area contributed by atoms with Crippen molar-refractivity contribution in [1.29, 1.82) is 0 Å². The van der Waals surface area contributed by atoms with E-state index < -0.39 is 0 Å². The van der Waals surface area contributed by atoms with Gasteiger partial charge in [0.25, 0.3) is 0 Å². The van der Waals surface area contributed by atoms with Gasteiger partial charge in [-0.25, -0.2) is 0 Å². The van der Waals surface area contributed by atoms with Gasteiger partial charge >= 0.3 is 0 Å². The van der Waals surface area contributed by atoms with Crippen molar-refractivity contribution in [2.45, 2.75) is 39.2 Å². The van der Waals surface area contributed by atoms with Crippen molar-refractivity contribution in [2.24, 2.45) is 0 Å². The fraction of sp³-hybridized carbons (Fsp3) is 0.611. The molecule has 128 valence electrons. The molecule has 0 aromatic heterocycles. The summed E-state index contributed by atoms with van der Waals surface area (Å²) in [7, 11) is 0. The van der Waals surface area contributed by atoms with E-state index in [0.29, 0.717) is 19.6 Å². The number of hydrogen-bond donors (Lipinski definition) is 2. The lowest BCUT2D eigenvalue weighted by atomic mass is 10.1. The summed E-state index contributed by atoms with van der Waals surface area (Å²) in [5.74, 6) is 0.0351. The minimum Gasteiger partial charge on any atom is -0.396 e. The number of hydrogen-bond acceptors (Lipinski definition) is 4. The molecule has 1 aromatic rings. The molecule has 0 saturated carbocycles. The summed E-state index contributed by atoms with van der Waals surface area (Å²) in [6.07, 6.45) is 2.85. The number of carbonyl (C=O) groups is 1. The first-order valence-corrected chi connectivity index (χ1v) is 8.40. The third-order valence-electron chi connectivity index (χ3n) is 4.35. The first-order chi connectivity index (χ1) is 11.1. The van der Waals surface area contributed by atoms with Crippen molar-refractivity contribution in [1.82, 2.24) is 4.90 Å². The van der Waals surface area contributed by atoms with Gasteiger partial charge in [-0.15, -0.1) is 0 Å². The monoisotopic (exact) mass is 320 g/mol. The molecule has 0 spiro atoms. The molecule has 1 aromatic carbocycles. The second kappa shape index (κ2) is 9.01. The molecule has 5 nitrogen and oxygen atoms in total. The van der Waals surface area contributed by atoms with Crippen LogP contribution in [0.15, 0.2) is 18.2 Å². The lowest BCUT2D eigenvalue weighted by Gasteiger charge is -2.31. The maximum Gasteiger partial charge on any atom is 0.238 e. The largest absolute Gasteiger partial charge is 0.396 e. The van der Waals surface area contributed by atoms with Crippen LogP contribution in [0, 0.1) is 13.8 Å². The van der Waals surface area contributed by atoms with Crippen LogP contribution in [0.25, 0.3) is 0 Å². The Bertz CT molecular complexity index is 511. The number of amides is 1. The summed E-state index contributed by atoms with van der Waals surface area (Å²) in [5, 5.41) is 11.7. The van der Waals surface area contributed by atoms with E-state index in [9.17, 15) is 4.79 Å². The number of aliphatic hydroxyl groups excluding tert-OH is 1. The zero-order valence-electron chi connectivity index (χ0n) is 14.2. The lowest BCUT2D eigenvalue weighted by molar-refractivity contribution is -0.118. The standard InChI is InChI=1S/C18H28N2O3/c1-14-4-5-16(12-15(14)2)19-18(22)13-20-8-6-17(7-9-20)23-11-3-10-21/h4-5,12,17,21H,3,6-11,13H2,1-2H3,(H,19,22). The van der Waals surface area contributed by atoms with Gasteiger partial charge in [-0.3, -0.25) is 9.69 Å². The summed E-state index contributed by atoms with van der Waals surface area (Å²) >= 11 is 0. The Kier molecular flexibility index (Phi) is 7.02. The first kappa shape index (κ1) is 17.9. The third kappa shape index (κ3) is 5.94. The molecular weight excluding hydrogens is 292 g/mol. The maximum atomic E-state index is 12.2. The molecule has 23 heavy (non-hydrogen) atoms. The van der Waals surface area contributed by atoms with Crippen molar-refractivity contribution < 1.29 is 14.6 Å². The van der Waals surface area contributed by atoms with Gasteiger partial charge in [-0.1, -0.05) is 6.07 Å². The summed E-state index contributed by atoms with van der Waals surface area (Å²) < 4.78 is 5.71. The molecule has 0 aliphatic carbocycles. The van der Waals surface area contributed by atoms with E-state index in [1.807, 2.05) is 25.1 Å². The number of nitrogens with one attached hydrogen (secondary N) is 1. The number of carbonyl (C=O) groups excluding carboxylic acids is 1. The van der Waals surface area contributed by atoms with Gasteiger partial charge in [0, 0.05) is 32.0 Å². The van der Waals surface area contributed by atoms with Crippen LogP contribution in [0.3, 0.4) is 0 Å². The Morgan fingerprint density at radius 1 is 1.30 bits per heavy atom. The molecular formula is C18H28N2O3. The maximum absolute atomic E-state index is 12.2. The molecule has 1 saturated heterocycles. The van der Waals surface area contributed by atoms with E-state index in [1.165, 1.54) is 11.1 Å². The van der Waals surface area contributed by atoms with E-state index in [4.69, 9.17) is 9.84 Å². The highest BCUT2D eigenvalue weighted by atomic mass is 16.5. The fourth-order valence-corrected chi connectivity index (χ4v) is 2.77. The van der Waals surface area contributed by atoms with Gasteiger partial charge in [-0.2, -0.15) is 0 Å². The number of piperidine rings is 1. The van der Waals surface area contributed by atoms with Crippen LogP contribution in [0.5, 0.6) is 0 Å². The van der Waals surface area contributed by atoms with Crippen molar-refractivity contribution >= 4 is 11.6 Å². The number of benzene rings is 1. The number of rotatable bonds is 7. The summed E-state index contributed by atoms with van der Waals surface area (Å²) in [6, 6.07) is 5.98. The van der Waals surface area contributed by atoms with Crippen LogP contribution in [0.4, 0.5) is 5.69 Å². The molecule has 0 atom stereocenters. The highest BCUT2D eigenvalue weighted by molar-refractivity contribution is 5.92. The average Bonchev–Trinajstić information content (AvgIpc) is 2.53. The van der Waals surface area contributed by atoms with Crippen LogP contribution >= 0.6 is 0 Å². The summed E-state index contributed by atoms with van der Waals surface area (Å²) in [6.45, 7) is 7.09. The van der Waals surface area contributed by atoms with E-state index >= 15 is 0 Å². The molecule has 1 aliphatic rings. The normalized spacial score (nSPS) is 16.5. The first-order valence-electron chi connectivity index (χ1n) is 8.40. The SMILES string of the molecule is Cc1ccc(NC(=O)CN2CCC(OCCCO)CC2)cc1C. The van der Waals surface area contributed by atoms with Crippen molar-refractivity contribution in [3.8, 4) is 0 Å². The summed E-state index contributed by atoms with van der Waals surface area (Å²) in [4.78, 5) is 14.3. The smallest absolute Gasteiger partial charge is 0.238 e. The molecule has 1 fully saturated rings. The van der Waals surface area contributed by atoms with Gasteiger partial charge in [0.15, 0.2) is 0 Å². The predicted molar refractivity (Wildman–Crippen MR) is 91.7 cm³/mol. The Morgan fingerprint density at radius 2 is 2.04 bits per heavy atom. The van der Waals surface area contributed by atoms with Crippen LogP contribution in [0.2, 0.25) is 0 Å². The van der Waals surface area contributed by atoms with Crippen LogP contribution in [-0.2, 0) is 9.53 Å². The number of aryl methyl sites for hydroxylation is 2. The average molecular weight is 320 g/mol. The molecule has 2 N–H and O–H groups in total. The quantitative estimate of drug-likeness (QED) is 0.755. The molecule has 5 heteroatoms. The Balaban J connectivity index is 1.71. The third-order valence-corrected chi connectivity index (χ3v) is 4.35. The van der Waals surface area contributed by atoms with E-state index in [-0.39, 0.29) is 18.6 Å². The molecule has 2 rings (SSSR count). The van der Waals surface area contributed by atoms with E-state index in [2.05, 4.69) is 17.1 Å². The molecule has 0 unspecified atom stereocenters. The summed E-state index contributed by atoms with van der Waals surface area (Å²) in [5.41, 5.74) is 3.27. The Hall–Kier alpha value is -1.43. The van der Waals surface area contributed by atoms with E-state index in [1.54, 1.807) is 0 Å². The van der Waals surface area contributed by atoms with Crippen LogP contribution in [-0.4, -0.2) is 54.9 Å². The van der Waals surface area contributed by atoms with E-state index in [0.717, 1.165) is 31.6 Å². The minimum absolute atomic E-state index is 0.0351. The number of likely N-dealkylation sites (tertiary alicyclic amines) is 1. The van der Waals surface area contributed by atoms with Gasteiger partial charge in [-0.05, 0) is 56.4 Å². The van der Waals surface area contributed by atoms with Crippen LogP contribution in [0.1, 0.15) is 30.4 Å². The van der Waals surface area contributed by atoms with Crippen LogP contribution < -0.4 is 5.32 Å².